The van der Waals surface area contributed by atoms with E-state index < -0.39 is 0 Å². The predicted molar refractivity (Wildman–Crippen MR) is 114 cm³/mol. The lowest BCUT2D eigenvalue weighted by atomic mass is 9.98. The number of hydrogen-bond donors (Lipinski definition) is 0. The van der Waals surface area contributed by atoms with E-state index in [2.05, 4.69) is 9.80 Å². The third-order valence-electron chi connectivity index (χ3n) is 5.92. The summed E-state index contributed by atoms with van der Waals surface area (Å²) in [6, 6.07) is 11.8. The van der Waals surface area contributed by atoms with Gasteiger partial charge in [0, 0.05) is 32.7 Å². The zero-order valence-electron chi connectivity index (χ0n) is 17.2. The number of carbonyl (C=O) groups is 1. The topological polar surface area (TPSA) is 51.2 Å². The smallest absolute Gasteiger partial charge is 0.232 e. The van der Waals surface area contributed by atoms with Gasteiger partial charge in [0.25, 0.3) is 0 Å². The van der Waals surface area contributed by atoms with Crippen molar-refractivity contribution in [2.75, 3.05) is 46.1 Å². The highest BCUT2D eigenvalue weighted by Crippen LogP contribution is 2.43. The lowest BCUT2D eigenvalue weighted by Gasteiger charge is -2.33. The van der Waals surface area contributed by atoms with Gasteiger partial charge in [0.2, 0.25) is 5.78 Å². The monoisotopic (exact) mass is 406 g/mol. The van der Waals surface area contributed by atoms with Gasteiger partial charge >= 0.3 is 0 Å². The number of aryl methyl sites for hydroxylation is 1. The highest BCUT2D eigenvalue weighted by Gasteiger charge is 2.35. The molecule has 6 nitrogen and oxygen atoms in total. The highest BCUT2D eigenvalue weighted by molar-refractivity contribution is 6.15. The SMILES string of the molecule is Cc1cc2c(c3c1C(=O)/C(=C/c1ccccc1)O3)CN(CCN1CCOCC1)CO2. The Hall–Kier alpha value is -2.67. The van der Waals surface area contributed by atoms with Gasteiger partial charge in [-0.1, -0.05) is 30.3 Å². The van der Waals surface area contributed by atoms with Crippen LogP contribution in [0, 0.1) is 6.92 Å². The quantitative estimate of drug-likeness (QED) is 0.728. The van der Waals surface area contributed by atoms with E-state index in [-0.39, 0.29) is 5.78 Å². The molecule has 6 heteroatoms. The summed E-state index contributed by atoms with van der Waals surface area (Å²) in [6.07, 6.45) is 1.81. The van der Waals surface area contributed by atoms with Gasteiger partial charge in [-0.3, -0.25) is 14.6 Å². The largest absolute Gasteiger partial charge is 0.478 e. The molecule has 0 bridgehead atoms. The molecule has 3 aliphatic rings. The van der Waals surface area contributed by atoms with Crippen LogP contribution in [0.25, 0.3) is 6.08 Å². The van der Waals surface area contributed by atoms with Crippen molar-refractivity contribution in [3.05, 3.63) is 64.4 Å². The maximum absolute atomic E-state index is 13.1. The fourth-order valence-corrected chi connectivity index (χ4v) is 4.23. The maximum Gasteiger partial charge on any atom is 0.232 e. The Balaban J connectivity index is 1.37. The van der Waals surface area contributed by atoms with E-state index in [1.807, 2.05) is 49.4 Å². The Kier molecular flexibility index (Phi) is 5.29. The van der Waals surface area contributed by atoms with Gasteiger partial charge in [0.1, 0.15) is 18.2 Å². The summed E-state index contributed by atoms with van der Waals surface area (Å²) in [4.78, 5) is 17.7. The standard InChI is InChI=1S/C24H26N2O4/c1-17-13-20-19(15-26(16-29-20)8-7-25-9-11-28-12-10-25)24-22(17)23(27)21(30-24)14-18-5-3-2-4-6-18/h2-6,13-14H,7-12,15-16H2,1H3/b21-14-. The number of morpholine rings is 1. The van der Waals surface area contributed by atoms with Crippen LogP contribution < -0.4 is 9.47 Å². The molecule has 0 spiro atoms. The molecule has 0 aliphatic carbocycles. The van der Waals surface area contributed by atoms with E-state index in [0.717, 1.165) is 61.8 Å². The molecule has 1 fully saturated rings. The number of hydrogen-bond acceptors (Lipinski definition) is 6. The summed E-state index contributed by atoms with van der Waals surface area (Å²) in [5.74, 6) is 1.80. The Morgan fingerprint density at radius 3 is 2.63 bits per heavy atom. The molecule has 0 aromatic heterocycles. The summed E-state index contributed by atoms with van der Waals surface area (Å²) < 4.78 is 17.6. The number of nitrogens with zero attached hydrogens (tertiary/aromatic N) is 2. The molecule has 2 aromatic carbocycles. The molecular formula is C24H26N2O4. The highest BCUT2D eigenvalue weighted by atomic mass is 16.5. The summed E-state index contributed by atoms with van der Waals surface area (Å²) >= 11 is 0. The van der Waals surface area contributed by atoms with E-state index in [9.17, 15) is 4.79 Å². The van der Waals surface area contributed by atoms with E-state index in [1.165, 1.54) is 0 Å². The molecule has 30 heavy (non-hydrogen) atoms. The van der Waals surface area contributed by atoms with Crippen LogP contribution in [-0.4, -0.2) is 61.7 Å². The number of fused-ring (bicyclic) bond motifs is 3. The average Bonchev–Trinajstić information content (AvgIpc) is 3.11. The third kappa shape index (κ3) is 3.74. The van der Waals surface area contributed by atoms with Crippen molar-refractivity contribution in [2.45, 2.75) is 13.5 Å². The summed E-state index contributed by atoms with van der Waals surface area (Å²) in [7, 11) is 0. The van der Waals surface area contributed by atoms with Crippen LogP contribution in [0.15, 0.2) is 42.2 Å². The van der Waals surface area contributed by atoms with Crippen LogP contribution in [0.4, 0.5) is 0 Å². The first-order valence-corrected chi connectivity index (χ1v) is 10.5. The minimum absolute atomic E-state index is 0.0559. The molecule has 0 N–H and O–H groups in total. The molecule has 5 rings (SSSR count). The number of benzene rings is 2. The van der Waals surface area contributed by atoms with Crippen molar-refractivity contribution >= 4 is 11.9 Å². The van der Waals surface area contributed by atoms with Crippen molar-refractivity contribution in [3.8, 4) is 11.5 Å². The third-order valence-corrected chi connectivity index (χ3v) is 5.92. The molecule has 0 unspecified atom stereocenters. The molecular weight excluding hydrogens is 380 g/mol. The van der Waals surface area contributed by atoms with Gasteiger partial charge in [-0.25, -0.2) is 0 Å². The van der Waals surface area contributed by atoms with Crippen LogP contribution in [0.2, 0.25) is 0 Å². The number of rotatable bonds is 4. The van der Waals surface area contributed by atoms with Crippen molar-refractivity contribution in [3.63, 3.8) is 0 Å². The second-order valence-electron chi connectivity index (χ2n) is 8.00. The molecule has 0 saturated carbocycles. The van der Waals surface area contributed by atoms with E-state index in [1.54, 1.807) is 0 Å². The Bertz CT molecular complexity index is 980. The summed E-state index contributed by atoms with van der Waals surface area (Å²) in [5, 5.41) is 0. The summed E-state index contributed by atoms with van der Waals surface area (Å²) in [6.45, 7) is 8.66. The van der Waals surface area contributed by atoms with Crippen LogP contribution in [0.5, 0.6) is 11.5 Å². The summed E-state index contributed by atoms with van der Waals surface area (Å²) in [5.41, 5.74) is 3.47. The van der Waals surface area contributed by atoms with Crippen molar-refractivity contribution in [1.82, 2.24) is 9.80 Å². The van der Waals surface area contributed by atoms with Crippen LogP contribution in [0.1, 0.15) is 27.0 Å². The second kappa shape index (κ2) is 8.22. The fraction of sp³-hybridized carbons (Fsp3) is 0.375. The van der Waals surface area contributed by atoms with Crippen molar-refractivity contribution in [1.29, 1.82) is 0 Å². The zero-order valence-corrected chi connectivity index (χ0v) is 17.2. The Morgan fingerprint density at radius 2 is 1.83 bits per heavy atom. The van der Waals surface area contributed by atoms with E-state index in [0.29, 0.717) is 30.3 Å². The Morgan fingerprint density at radius 1 is 1.07 bits per heavy atom. The molecule has 0 atom stereocenters. The van der Waals surface area contributed by atoms with Gasteiger partial charge in [0.15, 0.2) is 5.76 Å². The number of allylic oxidation sites excluding steroid dienone is 1. The van der Waals surface area contributed by atoms with Crippen LogP contribution in [-0.2, 0) is 11.3 Å². The molecule has 3 aliphatic heterocycles. The molecule has 156 valence electrons. The minimum atomic E-state index is -0.0559. The van der Waals surface area contributed by atoms with Gasteiger partial charge < -0.3 is 14.2 Å². The first-order valence-electron chi connectivity index (χ1n) is 10.5. The van der Waals surface area contributed by atoms with Gasteiger partial charge in [-0.05, 0) is 30.2 Å². The molecule has 0 radical (unpaired) electrons. The normalized spacial score (nSPS) is 20.6. The lowest BCUT2D eigenvalue weighted by Crippen LogP contribution is -2.43. The number of Topliss-reactive ketones (excluding diaryl/α,β-unsaturated/α-hetero) is 1. The van der Waals surface area contributed by atoms with Crippen molar-refractivity contribution < 1.29 is 19.0 Å². The van der Waals surface area contributed by atoms with Gasteiger partial charge in [-0.15, -0.1) is 0 Å². The first-order chi connectivity index (χ1) is 14.7. The Labute approximate surface area is 176 Å². The second-order valence-corrected chi connectivity index (χ2v) is 8.00. The molecule has 2 aromatic rings. The molecule has 0 amide bonds. The molecule has 1 saturated heterocycles. The minimum Gasteiger partial charge on any atom is -0.478 e. The number of ketones is 1. The van der Waals surface area contributed by atoms with E-state index in [4.69, 9.17) is 14.2 Å². The van der Waals surface area contributed by atoms with Crippen LogP contribution in [0.3, 0.4) is 0 Å². The first kappa shape index (κ1) is 19.3. The van der Waals surface area contributed by atoms with Crippen molar-refractivity contribution in [2.24, 2.45) is 0 Å². The van der Waals surface area contributed by atoms with E-state index >= 15 is 0 Å². The maximum atomic E-state index is 13.1. The van der Waals surface area contributed by atoms with Gasteiger partial charge in [-0.2, -0.15) is 0 Å². The molecule has 3 heterocycles. The lowest BCUT2D eigenvalue weighted by molar-refractivity contribution is 0.0239. The number of ether oxygens (including phenoxy) is 3. The van der Waals surface area contributed by atoms with Gasteiger partial charge in [0.05, 0.1) is 24.3 Å². The predicted octanol–water partition coefficient (Wildman–Crippen LogP) is 3.10. The zero-order chi connectivity index (χ0) is 20.5. The fourth-order valence-electron chi connectivity index (χ4n) is 4.23. The number of carbonyl (C=O) groups excluding carboxylic acids is 1. The van der Waals surface area contributed by atoms with Crippen LogP contribution >= 0.6 is 0 Å². The average molecular weight is 406 g/mol.